The summed E-state index contributed by atoms with van der Waals surface area (Å²) in [5.41, 5.74) is -2.89. The first-order valence-electron chi connectivity index (χ1n) is 11.6. The Kier molecular flexibility index (Phi) is 6.21. The predicted octanol–water partition coefficient (Wildman–Crippen LogP) is 7.24. The van der Waals surface area contributed by atoms with Crippen molar-refractivity contribution in [3.63, 3.8) is 0 Å². The van der Waals surface area contributed by atoms with Crippen molar-refractivity contribution in [1.29, 1.82) is 0 Å². The molecule has 0 N–H and O–H groups in total. The Bertz CT molecular complexity index is 1230. The van der Waals surface area contributed by atoms with Gasteiger partial charge in [-0.1, -0.05) is 23.7 Å². The van der Waals surface area contributed by atoms with Crippen LogP contribution in [0.2, 0.25) is 5.02 Å². The first-order chi connectivity index (χ1) is 17.0. The van der Waals surface area contributed by atoms with E-state index in [1.54, 1.807) is 6.07 Å². The van der Waals surface area contributed by atoms with E-state index in [0.29, 0.717) is 29.7 Å². The Hall–Kier alpha value is -2.75. The van der Waals surface area contributed by atoms with E-state index >= 15 is 0 Å². The second-order valence-corrected chi connectivity index (χ2v) is 9.69. The summed E-state index contributed by atoms with van der Waals surface area (Å²) in [7, 11) is 0. The van der Waals surface area contributed by atoms with Gasteiger partial charge in [-0.3, -0.25) is 0 Å². The highest BCUT2D eigenvalue weighted by Crippen LogP contribution is 2.52. The van der Waals surface area contributed by atoms with Crippen LogP contribution in [-0.4, -0.2) is 42.2 Å². The van der Waals surface area contributed by atoms with E-state index in [4.69, 9.17) is 16.3 Å². The van der Waals surface area contributed by atoms with E-state index < -0.39 is 30.3 Å². The lowest BCUT2D eigenvalue weighted by Crippen LogP contribution is -2.65. The number of alkyl halides is 6. The summed E-state index contributed by atoms with van der Waals surface area (Å²) in [4.78, 5) is 1.93. The summed E-state index contributed by atoms with van der Waals surface area (Å²) >= 11 is 6.13. The fourth-order valence-electron chi connectivity index (χ4n) is 4.95. The van der Waals surface area contributed by atoms with E-state index in [2.05, 4.69) is 9.30 Å². The Morgan fingerprint density at radius 3 is 2.39 bits per heavy atom. The molecule has 5 rings (SSSR count). The van der Waals surface area contributed by atoms with Crippen LogP contribution in [0.5, 0.6) is 11.5 Å². The fraction of sp³-hybridized carbons (Fsp3) is 0.440. The zero-order valence-electron chi connectivity index (χ0n) is 19.0. The molecule has 194 valence electrons. The number of anilines is 1. The van der Waals surface area contributed by atoms with E-state index in [1.807, 2.05) is 35.4 Å². The number of hydrogen-bond acceptors (Lipinski definition) is 3. The zero-order valence-corrected chi connectivity index (χ0v) is 19.8. The molecular formula is C25H23ClF6N2O2. The molecule has 36 heavy (non-hydrogen) atoms. The van der Waals surface area contributed by atoms with Gasteiger partial charge in [-0.15, -0.1) is 0 Å². The van der Waals surface area contributed by atoms with E-state index in [0.717, 1.165) is 42.8 Å². The summed E-state index contributed by atoms with van der Waals surface area (Å²) in [6, 6.07) is 11.9. The average molecular weight is 533 g/mol. The minimum absolute atomic E-state index is 0.0873. The molecule has 1 aromatic heterocycles. The molecule has 3 aromatic rings. The minimum atomic E-state index is -5.69. The van der Waals surface area contributed by atoms with Crippen molar-refractivity contribution in [2.75, 3.05) is 24.6 Å². The van der Waals surface area contributed by atoms with Crippen molar-refractivity contribution < 1.29 is 35.8 Å². The number of benzene rings is 2. The number of nitrogens with zero attached hydrogens (tertiary/aromatic N) is 2. The molecular weight excluding hydrogens is 510 g/mol. The number of piperidine rings is 1. The molecule has 0 aliphatic carbocycles. The Morgan fingerprint density at radius 2 is 1.69 bits per heavy atom. The number of aryl methyl sites for hydroxylation is 1. The molecule has 0 spiro atoms. The monoisotopic (exact) mass is 532 g/mol. The summed E-state index contributed by atoms with van der Waals surface area (Å²) in [5, 5.41) is 1.79. The van der Waals surface area contributed by atoms with Crippen molar-refractivity contribution >= 4 is 28.2 Å². The van der Waals surface area contributed by atoms with Gasteiger partial charge in [-0.25, -0.2) is 0 Å². The normalized spacial score (nSPS) is 18.6. The van der Waals surface area contributed by atoms with Gasteiger partial charge in [0.2, 0.25) is 0 Å². The van der Waals surface area contributed by atoms with E-state index in [-0.39, 0.29) is 5.75 Å². The van der Waals surface area contributed by atoms with Gasteiger partial charge in [0.15, 0.2) is 11.5 Å². The summed E-state index contributed by atoms with van der Waals surface area (Å²) < 4.78 is 92.4. The van der Waals surface area contributed by atoms with Crippen LogP contribution in [0, 0.1) is 5.92 Å². The lowest BCUT2D eigenvalue weighted by molar-refractivity contribution is -0.367. The number of halogens is 7. The van der Waals surface area contributed by atoms with Gasteiger partial charge in [0, 0.05) is 36.4 Å². The largest absolute Gasteiger partial charge is 0.483 e. The van der Waals surface area contributed by atoms with Crippen LogP contribution in [0.1, 0.15) is 19.3 Å². The number of fused-ring (bicyclic) bond motifs is 2. The standard InChI is InChI=1S/C25H23ClF6N2O2/c26-18-5-4-17-9-13-34(20(17)14-18)12-8-16-6-10-33(11-7-16)19-2-1-3-21-22(19)35-15-23(36-21,24(27,28)29)25(30,31)32/h1-5,9,13-14,16H,6-8,10-12,15H2. The smallest absolute Gasteiger partial charge is 0.441 e. The molecule has 0 radical (unpaired) electrons. The van der Waals surface area contributed by atoms with Crippen molar-refractivity contribution in [3.8, 4) is 11.5 Å². The third-order valence-corrected chi connectivity index (χ3v) is 7.28. The van der Waals surface area contributed by atoms with Gasteiger partial charge in [0.25, 0.3) is 0 Å². The van der Waals surface area contributed by atoms with Gasteiger partial charge in [-0.2, -0.15) is 26.3 Å². The van der Waals surface area contributed by atoms with Crippen LogP contribution < -0.4 is 14.4 Å². The second kappa shape index (κ2) is 8.97. The van der Waals surface area contributed by atoms with Crippen LogP contribution in [0.3, 0.4) is 0 Å². The average Bonchev–Trinajstić information content (AvgIpc) is 3.23. The SMILES string of the molecule is FC(F)(F)C1(C(F)(F)F)COc2c(cccc2N2CCC(CCn3ccc4ccc(Cl)cc43)CC2)O1. The van der Waals surface area contributed by atoms with Gasteiger partial charge in [0.1, 0.15) is 6.61 Å². The first-order valence-corrected chi connectivity index (χ1v) is 11.9. The molecule has 0 amide bonds. The van der Waals surface area contributed by atoms with Gasteiger partial charge in [-0.05, 0) is 60.9 Å². The molecule has 1 saturated heterocycles. The maximum atomic E-state index is 13.4. The molecule has 11 heteroatoms. The molecule has 2 aromatic carbocycles. The third-order valence-electron chi connectivity index (χ3n) is 7.05. The van der Waals surface area contributed by atoms with Crippen LogP contribution in [0.4, 0.5) is 32.0 Å². The maximum absolute atomic E-state index is 13.4. The number of para-hydroxylation sites is 1. The maximum Gasteiger partial charge on any atom is 0.441 e. The summed E-state index contributed by atoms with van der Waals surface area (Å²) in [6.07, 6.45) is -6.73. The lowest BCUT2D eigenvalue weighted by Gasteiger charge is -2.42. The van der Waals surface area contributed by atoms with Crippen molar-refractivity contribution in [1.82, 2.24) is 4.57 Å². The van der Waals surface area contributed by atoms with Crippen molar-refractivity contribution in [2.24, 2.45) is 5.92 Å². The molecule has 2 aliphatic rings. The zero-order chi connectivity index (χ0) is 25.7. The molecule has 0 atom stereocenters. The Morgan fingerprint density at radius 1 is 0.972 bits per heavy atom. The van der Waals surface area contributed by atoms with Crippen LogP contribution in [0.25, 0.3) is 10.9 Å². The molecule has 0 saturated carbocycles. The van der Waals surface area contributed by atoms with Crippen molar-refractivity contribution in [2.45, 2.75) is 43.8 Å². The number of rotatable bonds is 4. The molecule has 1 fully saturated rings. The van der Waals surface area contributed by atoms with Crippen LogP contribution >= 0.6 is 11.6 Å². The first kappa shape index (κ1) is 24.9. The number of aromatic nitrogens is 1. The third kappa shape index (κ3) is 4.33. The minimum Gasteiger partial charge on any atom is -0.483 e. The molecule has 2 aliphatic heterocycles. The van der Waals surface area contributed by atoms with Gasteiger partial charge >= 0.3 is 18.0 Å². The Labute approximate surface area is 208 Å². The topological polar surface area (TPSA) is 26.6 Å². The van der Waals surface area contributed by atoms with E-state index in [1.165, 1.54) is 6.07 Å². The summed E-state index contributed by atoms with van der Waals surface area (Å²) in [5.74, 6) is -0.220. The quantitative estimate of drug-likeness (QED) is 0.331. The predicted molar refractivity (Wildman–Crippen MR) is 124 cm³/mol. The number of ether oxygens (including phenoxy) is 2. The van der Waals surface area contributed by atoms with E-state index in [9.17, 15) is 26.3 Å². The molecule has 4 nitrogen and oxygen atoms in total. The number of hydrogen-bond donors (Lipinski definition) is 0. The highest BCUT2D eigenvalue weighted by Gasteiger charge is 2.75. The lowest BCUT2D eigenvalue weighted by atomic mass is 9.93. The molecule has 3 heterocycles. The van der Waals surface area contributed by atoms with Gasteiger partial charge in [0.05, 0.1) is 5.69 Å². The second-order valence-electron chi connectivity index (χ2n) is 9.25. The van der Waals surface area contributed by atoms with Crippen molar-refractivity contribution in [3.05, 3.63) is 53.7 Å². The highest BCUT2D eigenvalue weighted by molar-refractivity contribution is 6.31. The van der Waals surface area contributed by atoms with Gasteiger partial charge < -0.3 is 18.9 Å². The molecule has 0 bridgehead atoms. The Balaban J connectivity index is 1.26. The molecule has 0 unspecified atom stereocenters. The van der Waals surface area contributed by atoms with Crippen LogP contribution in [-0.2, 0) is 6.54 Å². The summed E-state index contributed by atoms with van der Waals surface area (Å²) in [6.45, 7) is 0.345. The fourth-order valence-corrected chi connectivity index (χ4v) is 5.11. The highest BCUT2D eigenvalue weighted by atomic mass is 35.5. The van der Waals surface area contributed by atoms with Crippen LogP contribution in [0.15, 0.2) is 48.7 Å².